The minimum absolute atomic E-state index is 0.174. The van der Waals surface area contributed by atoms with Gasteiger partial charge < -0.3 is 10.1 Å². The molecule has 3 aromatic rings. The van der Waals surface area contributed by atoms with Crippen LogP contribution in [0.2, 0.25) is 0 Å². The number of carbonyl (C=O) groups excluding carboxylic acids is 1. The van der Waals surface area contributed by atoms with Gasteiger partial charge in [-0.05, 0) is 44.2 Å². The number of fused-ring (bicyclic) bond motifs is 3. The first kappa shape index (κ1) is 18.2. The molecule has 4 nitrogen and oxygen atoms in total. The van der Waals surface area contributed by atoms with Gasteiger partial charge in [0.2, 0.25) is 0 Å². The van der Waals surface area contributed by atoms with E-state index in [2.05, 4.69) is 19.2 Å². The van der Waals surface area contributed by atoms with E-state index >= 15 is 0 Å². The van der Waals surface area contributed by atoms with Gasteiger partial charge in [0.15, 0.2) is 0 Å². The van der Waals surface area contributed by atoms with Crippen LogP contribution < -0.4 is 15.0 Å². The van der Waals surface area contributed by atoms with Crippen LogP contribution in [0.5, 0.6) is 5.75 Å². The maximum atomic E-state index is 13.3. The summed E-state index contributed by atoms with van der Waals surface area (Å²) in [4.78, 5) is 16.2. The molecule has 2 aromatic carbocycles. The molecule has 1 aromatic heterocycles. The Kier molecular flexibility index (Phi) is 4.53. The summed E-state index contributed by atoms with van der Waals surface area (Å²) in [6.45, 7) is 4.11. The van der Waals surface area contributed by atoms with Crippen LogP contribution >= 0.6 is 32.9 Å². The van der Waals surface area contributed by atoms with Crippen LogP contribution in [0.15, 0.2) is 48.5 Å². The highest BCUT2D eigenvalue weighted by molar-refractivity contribution is 7.80. The number of carbonyl (C=O) groups is 1. The van der Waals surface area contributed by atoms with Crippen molar-refractivity contribution in [1.82, 2.24) is 0 Å². The molecule has 0 atom stereocenters. The molecule has 138 valence electrons. The third-order valence-electron chi connectivity index (χ3n) is 4.69. The molecule has 0 radical (unpaired) electrons. The Bertz CT molecular complexity index is 1070. The van der Waals surface area contributed by atoms with Crippen molar-refractivity contribution >= 4 is 50.3 Å². The second-order valence-electron chi connectivity index (χ2n) is 6.73. The topological polar surface area (TPSA) is 41.6 Å². The average Bonchev–Trinajstić information content (AvgIpc) is 3.05. The number of hydrogen-bond acceptors (Lipinski definition) is 5. The van der Waals surface area contributed by atoms with E-state index in [1.165, 1.54) is 0 Å². The molecule has 1 N–H and O–H groups in total. The van der Waals surface area contributed by atoms with Crippen molar-refractivity contribution in [1.29, 1.82) is 0 Å². The van der Waals surface area contributed by atoms with E-state index in [0.29, 0.717) is 0 Å². The maximum absolute atomic E-state index is 13.3. The predicted molar refractivity (Wildman–Crippen MR) is 116 cm³/mol. The lowest BCUT2D eigenvalue weighted by Gasteiger charge is -2.42. The van der Waals surface area contributed by atoms with Crippen LogP contribution in [0.3, 0.4) is 0 Å². The normalized spacial score (nSPS) is 14.3. The van der Waals surface area contributed by atoms with Crippen LogP contribution in [0, 0.1) is 3.82 Å². The first-order valence-corrected chi connectivity index (χ1v) is 11.0. The number of amides is 2. The average molecular weight is 415 g/mol. The van der Waals surface area contributed by atoms with E-state index in [4.69, 9.17) is 17.0 Å². The number of benzene rings is 2. The lowest BCUT2D eigenvalue weighted by molar-refractivity contribution is 0.251. The minimum Gasteiger partial charge on any atom is -0.497 e. The van der Waals surface area contributed by atoms with Gasteiger partial charge in [0.25, 0.3) is 0 Å². The summed E-state index contributed by atoms with van der Waals surface area (Å²) in [6.07, 6.45) is 0. The van der Waals surface area contributed by atoms with Crippen LogP contribution in [-0.4, -0.2) is 13.1 Å². The first-order valence-electron chi connectivity index (χ1n) is 8.42. The number of rotatable bonds is 2. The predicted octanol–water partition coefficient (Wildman–Crippen LogP) is 6.50. The Labute approximate surface area is 170 Å². The molecule has 0 spiro atoms. The fourth-order valence-corrected chi connectivity index (χ4v) is 6.68. The van der Waals surface area contributed by atoms with Crippen molar-refractivity contribution in [2.24, 2.45) is 0 Å². The van der Waals surface area contributed by atoms with Crippen LogP contribution in [0.1, 0.15) is 18.7 Å². The molecule has 0 unspecified atom stereocenters. The molecule has 0 bridgehead atoms. The van der Waals surface area contributed by atoms with E-state index < -0.39 is 5.54 Å². The second kappa shape index (κ2) is 6.74. The Morgan fingerprint density at radius 2 is 1.89 bits per heavy atom. The van der Waals surface area contributed by atoms with Gasteiger partial charge in [-0.3, -0.25) is 4.90 Å². The highest BCUT2D eigenvalue weighted by Crippen LogP contribution is 2.52. The van der Waals surface area contributed by atoms with Crippen molar-refractivity contribution in [2.45, 2.75) is 19.4 Å². The number of hydrogen-bond donors (Lipinski definition) is 1. The summed E-state index contributed by atoms with van der Waals surface area (Å²) in [5.41, 5.74) is 3.06. The summed E-state index contributed by atoms with van der Waals surface area (Å²) >= 11 is 5.61. The number of methoxy groups -OCH3 is 1. The van der Waals surface area contributed by atoms with Gasteiger partial charge in [-0.2, -0.15) is 0 Å². The highest BCUT2D eigenvalue weighted by Gasteiger charge is 2.43. The monoisotopic (exact) mass is 414 g/mol. The van der Waals surface area contributed by atoms with Crippen molar-refractivity contribution < 1.29 is 9.53 Å². The van der Waals surface area contributed by atoms with Crippen LogP contribution in [0.25, 0.3) is 11.1 Å². The summed E-state index contributed by atoms with van der Waals surface area (Å²) in [7, 11) is 4.85. The number of urea groups is 1. The smallest absolute Gasteiger partial charge is 0.327 e. The van der Waals surface area contributed by atoms with E-state index in [9.17, 15) is 4.79 Å². The number of nitrogens with one attached hydrogen (secondary N) is 1. The molecular weight excluding hydrogens is 396 g/mol. The van der Waals surface area contributed by atoms with Gasteiger partial charge in [0, 0.05) is 16.8 Å². The van der Waals surface area contributed by atoms with Crippen molar-refractivity contribution in [3.63, 3.8) is 0 Å². The molecule has 1 aliphatic rings. The van der Waals surface area contributed by atoms with E-state index in [0.717, 1.165) is 37.0 Å². The van der Waals surface area contributed by atoms with E-state index in [1.807, 2.05) is 53.4 Å². The Hall–Kier alpha value is -2.22. The highest BCUT2D eigenvalue weighted by atomic mass is 32.9. The van der Waals surface area contributed by atoms with Gasteiger partial charge in [0.05, 0.1) is 23.2 Å². The fourth-order valence-electron chi connectivity index (χ4n) is 3.40. The van der Waals surface area contributed by atoms with Gasteiger partial charge >= 0.3 is 6.03 Å². The maximum Gasteiger partial charge on any atom is 0.327 e. The van der Waals surface area contributed by atoms with Crippen molar-refractivity contribution in [2.75, 3.05) is 17.3 Å². The Morgan fingerprint density at radius 3 is 2.59 bits per heavy atom. The Morgan fingerprint density at radius 1 is 1.15 bits per heavy atom. The lowest BCUT2D eigenvalue weighted by atomic mass is 9.87. The van der Waals surface area contributed by atoms with Crippen LogP contribution in [-0.2, 0) is 5.54 Å². The number of nitrogens with zero attached hydrogens (tertiary/aromatic N) is 1. The van der Waals surface area contributed by atoms with Crippen molar-refractivity contribution in [3.05, 3.63) is 57.2 Å². The number of ether oxygens (including phenoxy) is 1. The van der Waals surface area contributed by atoms with Crippen LogP contribution in [0.4, 0.5) is 16.2 Å². The zero-order chi connectivity index (χ0) is 19.2. The van der Waals surface area contributed by atoms with Gasteiger partial charge in [-0.25, -0.2) is 4.79 Å². The molecule has 0 aliphatic carbocycles. The third-order valence-corrected chi connectivity index (χ3v) is 8.02. The minimum atomic E-state index is -0.520. The van der Waals surface area contributed by atoms with Gasteiger partial charge in [0.1, 0.15) is 9.57 Å². The summed E-state index contributed by atoms with van der Waals surface area (Å²) < 4.78 is 6.26. The summed E-state index contributed by atoms with van der Waals surface area (Å²) in [5.74, 6) is 0.744. The first-order chi connectivity index (χ1) is 12.9. The molecule has 7 heteroatoms. The summed E-state index contributed by atoms with van der Waals surface area (Å²) in [6, 6.07) is 15.1. The van der Waals surface area contributed by atoms with Gasteiger partial charge in [-0.1, -0.05) is 51.1 Å². The third kappa shape index (κ3) is 2.96. The zero-order valence-electron chi connectivity index (χ0n) is 15.1. The van der Waals surface area contributed by atoms with Gasteiger partial charge in [-0.15, -0.1) is 0 Å². The zero-order valence-corrected chi connectivity index (χ0v) is 17.6. The molecule has 1 aliphatic heterocycles. The molecule has 0 saturated carbocycles. The fraction of sp³-hybridized carbons (Fsp3) is 0.200. The molecule has 0 fully saturated rings. The standard InChI is InChI=1S/C20H18N2O2S3/c1-20(2)17-16(18(25)27-26-17)14-11-13(24-3)9-10-15(14)22(20)19(23)21-12-7-5-4-6-8-12/h4-11H,1-3H3,(H,21,23). The lowest BCUT2D eigenvalue weighted by Crippen LogP contribution is -2.49. The second-order valence-corrected chi connectivity index (χ2v) is 9.55. The van der Waals surface area contributed by atoms with Crippen molar-refractivity contribution in [3.8, 4) is 16.9 Å². The molecule has 0 saturated heterocycles. The molecule has 27 heavy (non-hydrogen) atoms. The summed E-state index contributed by atoms with van der Waals surface area (Å²) in [5, 5.41) is 3.01. The molecule has 2 heterocycles. The SMILES string of the molecule is COc1ccc2c(c1)-c1c(ssc1=S)C(C)(C)N2C(=O)Nc1ccccc1. The Balaban J connectivity index is 1.87. The number of para-hydroxylation sites is 1. The number of anilines is 2. The quantitative estimate of drug-likeness (QED) is 0.384. The molecular formula is C20H18N2O2S3. The molecule has 2 amide bonds. The molecule has 4 rings (SSSR count). The van der Waals surface area contributed by atoms with E-state index in [-0.39, 0.29) is 6.03 Å². The largest absolute Gasteiger partial charge is 0.497 e. The van der Waals surface area contributed by atoms with E-state index in [1.54, 1.807) is 27.8 Å².